The summed E-state index contributed by atoms with van der Waals surface area (Å²) in [5.74, 6) is 0. The topological polar surface area (TPSA) is 80.9 Å². The second kappa shape index (κ2) is 6.51. The zero-order valence-corrected chi connectivity index (χ0v) is 6.28. The third-order valence-electron chi connectivity index (χ3n) is 0.289. The van der Waals surface area contributed by atoms with E-state index in [0.717, 1.165) is 5.09 Å². The van der Waals surface area contributed by atoms with Crippen molar-refractivity contribution in [3.63, 3.8) is 0 Å². The Labute approximate surface area is 64.2 Å². The van der Waals surface area contributed by atoms with Crippen LogP contribution in [0.2, 0.25) is 5.09 Å². The van der Waals surface area contributed by atoms with Gasteiger partial charge in [-0.15, -0.1) is 0 Å². The molecule has 0 aliphatic rings. The van der Waals surface area contributed by atoms with Crippen LogP contribution in [0.3, 0.4) is 0 Å². The normalized spacial score (nSPS) is 9.56. The second-order valence-corrected chi connectivity index (χ2v) is 2.50. The summed E-state index contributed by atoms with van der Waals surface area (Å²) in [5.41, 5.74) is 0. The molecule has 0 spiro atoms. The van der Waals surface area contributed by atoms with Crippen LogP contribution < -0.4 is 0 Å². The summed E-state index contributed by atoms with van der Waals surface area (Å²) in [6.07, 6.45) is 1.88. The Morgan fingerprint density at radius 1 is 1.33 bits per heavy atom. The summed E-state index contributed by atoms with van der Waals surface area (Å²) in [7, 11) is -4.61. The molecule has 0 aliphatic heterocycles. The Bertz CT molecular complexity index is 64.7. The van der Waals surface area contributed by atoms with Gasteiger partial charge in [-0.2, -0.15) is 0 Å². The van der Waals surface area contributed by atoms with Crippen molar-refractivity contribution in [2.24, 2.45) is 0 Å². The van der Waals surface area contributed by atoms with Crippen molar-refractivity contribution >= 4 is 26.8 Å². The molecule has 4 N–H and O–H groups in total. The van der Waals surface area contributed by atoms with E-state index in [1.807, 2.05) is 6.08 Å². The fourth-order valence-electron chi connectivity index (χ4n) is 0. The molecule has 0 aromatic rings. The molecule has 0 bridgehead atoms. The number of allylic oxidation sites excluding steroid dienone is 1. The molecule has 0 rings (SSSR count). The molecule has 0 atom stereocenters. The summed E-state index contributed by atoms with van der Waals surface area (Å²) < 4.78 is 0. The van der Waals surface area contributed by atoms with Crippen LogP contribution in [-0.2, 0) is 0 Å². The van der Waals surface area contributed by atoms with Crippen LogP contribution >= 0.6 is 0 Å². The van der Waals surface area contributed by atoms with Crippen LogP contribution in [0.5, 0.6) is 0 Å². The maximum absolute atomic E-state index is 7.33. The molecule has 0 aromatic carbocycles. The molecule has 50 valence electrons. The van der Waals surface area contributed by atoms with E-state index >= 15 is 0 Å². The predicted octanol–water partition coefficient (Wildman–Crippen LogP) is -1.85. The quantitative estimate of drug-likeness (QED) is 0.257. The number of hydrogen-bond donors (Lipinski definition) is 4. The van der Waals surface area contributed by atoms with Crippen molar-refractivity contribution in [3.05, 3.63) is 12.7 Å². The van der Waals surface area contributed by atoms with Crippen LogP contribution in [0.4, 0.5) is 0 Å². The van der Waals surface area contributed by atoms with E-state index in [4.69, 9.17) is 19.2 Å². The van der Waals surface area contributed by atoms with Crippen LogP contribution in [0.1, 0.15) is 0 Å². The molecule has 6 heteroatoms. The molecule has 0 heterocycles. The first-order chi connectivity index (χ1) is 3.91. The second-order valence-electron chi connectivity index (χ2n) is 1.30. The van der Waals surface area contributed by atoms with E-state index in [2.05, 4.69) is 24.3 Å². The average molecular weight is 144 g/mol. The summed E-state index contributed by atoms with van der Waals surface area (Å²) in [5, 5.41) is 1.08. The summed E-state index contributed by atoms with van der Waals surface area (Å²) in [6, 6.07) is 0. The van der Waals surface area contributed by atoms with Gasteiger partial charge in [-0.05, 0) is 0 Å². The summed E-state index contributed by atoms with van der Waals surface area (Å²) in [4.78, 5) is 29.3. The van der Waals surface area contributed by atoms with Gasteiger partial charge in [-0.3, -0.25) is 0 Å². The molecule has 0 saturated carbocycles. The van der Waals surface area contributed by atoms with Gasteiger partial charge < -0.3 is 19.2 Å². The standard InChI is InChI=1S/C3H5.Li.H4O4Si/c1-3-2;;1-5(2,3)4/h3H,1-2H2;;1-4H. The van der Waals surface area contributed by atoms with Gasteiger partial charge in [0.2, 0.25) is 0 Å². The van der Waals surface area contributed by atoms with Crippen LogP contribution in [-0.4, -0.2) is 45.9 Å². The van der Waals surface area contributed by atoms with E-state index in [1.165, 1.54) is 0 Å². The molecule has 4 nitrogen and oxygen atoms in total. The van der Waals surface area contributed by atoms with Gasteiger partial charge in [0.1, 0.15) is 0 Å². The molecule has 0 fully saturated rings. The minimum absolute atomic E-state index is 1.08. The Hall–Kier alpha value is 0.394. The summed E-state index contributed by atoms with van der Waals surface area (Å²) >= 11 is 2.06. The van der Waals surface area contributed by atoms with Crippen LogP contribution in [0.25, 0.3) is 0 Å². The first kappa shape index (κ1) is 12.1. The Morgan fingerprint density at radius 3 is 1.44 bits per heavy atom. The molecular weight excluding hydrogens is 135 g/mol. The zero-order valence-electron chi connectivity index (χ0n) is 5.28. The van der Waals surface area contributed by atoms with Crippen molar-refractivity contribution in [2.45, 2.75) is 5.09 Å². The van der Waals surface area contributed by atoms with Crippen molar-refractivity contribution in [3.8, 4) is 0 Å². The zero-order chi connectivity index (χ0) is 7.91. The summed E-state index contributed by atoms with van der Waals surface area (Å²) in [6.45, 7) is 3.48. The van der Waals surface area contributed by atoms with Crippen molar-refractivity contribution in [2.75, 3.05) is 0 Å². The Morgan fingerprint density at radius 2 is 1.44 bits per heavy atom. The predicted molar refractivity (Wildman–Crippen MR) is 35.4 cm³/mol. The maximum atomic E-state index is 7.33. The van der Waals surface area contributed by atoms with Crippen molar-refractivity contribution in [1.82, 2.24) is 0 Å². The van der Waals surface area contributed by atoms with Crippen LogP contribution in [0.15, 0.2) is 12.7 Å². The fourth-order valence-corrected chi connectivity index (χ4v) is 0. The Balaban J connectivity index is 0. The van der Waals surface area contributed by atoms with Gasteiger partial charge >= 0.3 is 44.5 Å². The van der Waals surface area contributed by atoms with Gasteiger partial charge in [0, 0.05) is 0 Å². The number of hydrogen-bond acceptors (Lipinski definition) is 4. The van der Waals surface area contributed by atoms with Gasteiger partial charge in [-0.25, -0.2) is 0 Å². The van der Waals surface area contributed by atoms with Crippen LogP contribution in [0, 0.1) is 0 Å². The van der Waals surface area contributed by atoms with Gasteiger partial charge in [0.25, 0.3) is 0 Å². The molecule has 9 heavy (non-hydrogen) atoms. The minimum atomic E-state index is -4.61. The molecule has 0 aromatic heterocycles. The Kier molecular flexibility index (Phi) is 8.76. The molecule has 0 amide bonds. The molecule has 0 unspecified atom stereocenters. The van der Waals surface area contributed by atoms with Gasteiger partial charge in [0.15, 0.2) is 0 Å². The first-order valence-electron chi connectivity index (χ1n) is 2.42. The third-order valence-corrected chi connectivity index (χ3v) is 0.289. The van der Waals surface area contributed by atoms with Crippen molar-refractivity contribution < 1.29 is 19.2 Å². The molecule has 0 saturated heterocycles. The van der Waals surface area contributed by atoms with Gasteiger partial charge in [0.05, 0.1) is 0 Å². The first-order valence-corrected chi connectivity index (χ1v) is 4.21. The molecular formula is C3H9LiO4Si. The van der Waals surface area contributed by atoms with E-state index < -0.39 is 9.05 Å². The van der Waals surface area contributed by atoms with E-state index in [9.17, 15) is 0 Å². The monoisotopic (exact) mass is 144 g/mol. The SMILES string of the molecule is O[Si](O)(O)O.[Li][CH2]C=C. The van der Waals surface area contributed by atoms with E-state index in [0.29, 0.717) is 0 Å². The molecule has 0 aliphatic carbocycles. The average Bonchev–Trinajstić information content (AvgIpc) is 1.61. The van der Waals surface area contributed by atoms with E-state index in [-0.39, 0.29) is 0 Å². The fraction of sp³-hybridized carbons (Fsp3) is 0.333. The third kappa shape index (κ3) is 177. The van der Waals surface area contributed by atoms with Crippen molar-refractivity contribution in [1.29, 1.82) is 0 Å². The molecule has 0 radical (unpaired) electrons. The van der Waals surface area contributed by atoms with E-state index in [1.54, 1.807) is 0 Å². The number of rotatable bonds is 1. The van der Waals surface area contributed by atoms with Gasteiger partial charge in [-0.1, -0.05) is 0 Å².